The highest BCUT2D eigenvalue weighted by atomic mass is 19.4. The van der Waals surface area contributed by atoms with Crippen molar-refractivity contribution >= 4 is 17.5 Å². The fraction of sp³-hybridized carbons (Fsp3) is 0.560. The Balaban J connectivity index is 1.41. The summed E-state index contributed by atoms with van der Waals surface area (Å²) in [7, 11) is 0. The number of aromatic nitrogens is 2. The van der Waals surface area contributed by atoms with Crippen molar-refractivity contribution in [2.24, 2.45) is 5.92 Å². The summed E-state index contributed by atoms with van der Waals surface area (Å²) in [4.78, 5) is 23.6. The number of hydrogen-bond acceptors (Lipinski definition) is 5. The monoisotopic (exact) mass is 529 g/mol. The molecule has 0 aliphatic carbocycles. The summed E-state index contributed by atoms with van der Waals surface area (Å²) >= 11 is 0. The van der Waals surface area contributed by atoms with Gasteiger partial charge in [0.05, 0.1) is 5.56 Å². The Hall–Kier alpha value is -3.05. The molecule has 12 heteroatoms. The van der Waals surface area contributed by atoms with Gasteiger partial charge in [0.25, 0.3) is 0 Å². The molecular formula is C25H29F6N5O. The molecule has 0 radical (unpaired) electrons. The molecule has 0 spiro atoms. The summed E-state index contributed by atoms with van der Waals surface area (Å²) in [6, 6.07) is 5.52. The first-order valence-electron chi connectivity index (χ1n) is 12.4. The Morgan fingerprint density at radius 1 is 0.946 bits per heavy atom. The van der Waals surface area contributed by atoms with Crippen LogP contribution < -0.4 is 15.1 Å². The highest BCUT2D eigenvalue weighted by molar-refractivity contribution is 5.86. The highest BCUT2D eigenvalue weighted by Crippen LogP contribution is 2.34. The predicted molar refractivity (Wildman–Crippen MR) is 126 cm³/mol. The van der Waals surface area contributed by atoms with Crippen LogP contribution >= 0.6 is 0 Å². The van der Waals surface area contributed by atoms with Crippen LogP contribution in [0.3, 0.4) is 0 Å². The Labute approximate surface area is 211 Å². The zero-order chi connectivity index (χ0) is 26.8. The Morgan fingerprint density at radius 3 is 2.14 bits per heavy atom. The second-order valence-corrected chi connectivity index (χ2v) is 9.48. The van der Waals surface area contributed by atoms with Gasteiger partial charge in [-0.05, 0) is 49.3 Å². The third-order valence-corrected chi connectivity index (χ3v) is 7.08. The van der Waals surface area contributed by atoms with Crippen molar-refractivity contribution in [3.63, 3.8) is 0 Å². The molecule has 2 aromatic rings. The van der Waals surface area contributed by atoms with Crippen LogP contribution in [0.4, 0.5) is 38.0 Å². The van der Waals surface area contributed by atoms with Crippen molar-refractivity contribution < 1.29 is 31.1 Å². The Morgan fingerprint density at radius 2 is 1.59 bits per heavy atom. The Bertz CT molecular complexity index is 1080. The number of carbonyl (C=O) groups is 1. The summed E-state index contributed by atoms with van der Waals surface area (Å²) in [5.74, 6) is -0.781. The topological polar surface area (TPSA) is 61.4 Å². The number of hydrogen-bond donors (Lipinski definition) is 1. The first-order chi connectivity index (χ1) is 17.5. The van der Waals surface area contributed by atoms with Gasteiger partial charge in [-0.2, -0.15) is 26.3 Å². The van der Waals surface area contributed by atoms with Crippen molar-refractivity contribution in [3.8, 4) is 0 Å². The van der Waals surface area contributed by atoms with Crippen LogP contribution in [0, 0.1) is 5.92 Å². The molecule has 2 saturated heterocycles. The third-order valence-electron chi connectivity index (χ3n) is 7.08. The molecule has 1 atom stereocenters. The molecule has 202 valence electrons. The minimum absolute atomic E-state index is 0.0593. The Kier molecular flexibility index (Phi) is 7.84. The van der Waals surface area contributed by atoms with Gasteiger partial charge in [-0.3, -0.25) is 4.79 Å². The van der Waals surface area contributed by atoms with Crippen LogP contribution in [0.2, 0.25) is 0 Å². The zero-order valence-electron chi connectivity index (χ0n) is 20.4. The maximum absolute atomic E-state index is 13.6. The molecule has 4 rings (SSSR count). The van der Waals surface area contributed by atoms with E-state index in [1.54, 1.807) is 0 Å². The number of benzene rings is 1. The third kappa shape index (κ3) is 6.45. The number of piperidine rings is 1. The molecule has 2 aliphatic rings. The van der Waals surface area contributed by atoms with E-state index in [1.165, 1.54) is 23.1 Å². The van der Waals surface area contributed by atoms with Gasteiger partial charge in [0.2, 0.25) is 11.7 Å². The van der Waals surface area contributed by atoms with Gasteiger partial charge in [-0.25, -0.2) is 9.97 Å². The maximum Gasteiger partial charge on any atom is 0.451 e. The molecular weight excluding hydrogens is 500 g/mol. The lowest BCUT2D eigenvalue weighted by Crippen LogP contribution is -2.57. The fourth-order valence-electron chi connectivity index (χ4n) is 4.67. The van der Waals surface area contributed by atoms with Gasteiger partial charge in [-0.1, -0.05) is 25.5 Å². The van der Waals surface area contributed by atoms with Gasteiger partial charge < -0.3 is 15.1 Å². The summed E-state index contributed by atoms with van der Waals surface area (Å²) in [5.41, 5.74) is -0.122. The molecule has 1 aromatic carbocycles. The minimum Gasteiger partial charge on any atom is -0.356 e. The lowest BCUT2D eigenvalue weighted by Gasteiger charge is -2.41. The molecule has 1 aromatic heterocycles. The second kappa shape index (κ2) is 10.7. The molecule has 1 N–H and O–H groups in total. The van der Waals surface area contributed by atoms with E-state index in [9.17, 15) is 31.1 Å². The van der Waals surface area contributed by atoms with Gasteiger partial charge in [0, 0.05) is 32.2 Å². The number of anilines is 2. The fourth-order valence-corrected chi connectivity index (χ4v) is 4.67. The number of nitrogens with zero attached hydrogens (tertiary/aromatic N) is 4. The highest BCUT2D eigenvalue weighted by Gasteiger charge is 2.40. The quantitative estimate of drug-likeness (QED) is 0.507. The van der Waals surface area contributed by atoms with E-state index in [4.69, 9.17) is 0 Å². The molecule has 0 bridgehead atoms. The summed E-state index contributed by atoms with van der Waals surface area (Å²) in [6.45, 7) is 3.89. The van der Waals surface area contributed by atoms with Crippen molar-refractivity contribution in [1.29, 1.82) is 0 Å². The summed E-state index contributed by atoms with van der Waals surface area (Å²) in [6.07, 6.45) is -5.58. The number of alkyl halides is 6. The molecule has 37 heavy (non-hydrogen) atoms. The minimum atomic E-state index is -4.73. The van der Waals surface area contributed by atoms with Crippen LogP contribution in [0.25, 0.3) is 0 Å². The number of carbonyl (C=O) groups excluding carboxylic acids is 1. The average Bonchev–Trinajstić information content (AvgIpc) is 2.82. The van der Waals surface area contributed by atoms with Gasteiger partial charge >= 0.3 is 12.4 Å². The molecule has 0 unspecified atom stereocenters. The van der Waals surface area contributed by atoms with E-state index in [0.29, 0.717) is 44.0 Å². The van der Waals surface area contributed by atoms with Crippen LogP contribution in [0.15, 0.2) is 30.3 Å². The van der Waals surface area contributed by atoms with Crippen LogP contribution in [-0.4, -0.2) is 48.1 Å². The molecule has 2 aliphatic heterocycles. The standard InChI is InChI=1S/C25H29F6N5O/c1-2-16-8-12-35(13-9-16)20-15-21(34-23(33-20)25(29,30)31)36-14-10-19(36)22(37)32-11-7-17-3-5-18(6-4-17)24(26,27)28/h3-6,15-16,19H,2,7-14H2,1H3,(H,32,37)/t19-/m0/s1. The molecule has 3 heterocycles. The lowest BCUT2D eigenvalue weighted by atomic mass is 9.94. The second-order valence-electron chi connectivity index (χ2n) is 9.48. The first kappa shape index (κ1) is 27.0. The zero-order valence-corrected chi connectivity index (χ0v) is 20.4. The van der Waals surface area contributed by atoms with E-state index in [0.717, 1.165) is 31.4 Å². The van der Waals surface area contributed by atoms with Crippen LogP contribution in [0.5, 0.6) is 0 Å². The molecule has 1 amide bonds. The lowest BCUT2D eigenvalue weighted by molar-refractivity contribution is -0.144. The van der Waals surface area contributed by atoms with Crippen molar-refractivity contribution in [1.82, 2.24) is 15.3 Å². The maximum atomic E-state index is 13.6. The number of halogens is 6. The van der Waals surface area contributed by atoms with Gasteiger partial charge in [-0.15, -0.1) is 0 Å². The summed E-state index contributed by atoms with van der Waals surface area (Å²) < 4.78 is 78.9. The van der Waals surface area contributed by atoms with Crippen molar-refractivity contribution in [2.45, 2.75) is 57.4 Å². The van der Waals surface area contributed by atoms with E-state index in [1.807, 2.05) is 4.90 Å². The number of nitrogens with one attached hydrogen (secondary N) is 1. The molecule has 0 saturated carbocycles. The largest absolute Gasteiger partial charge is 0.451 e. The van der Waals surface area contributed by atoms with E-state index in [-0.39, 0.29) is 24.1 Å². The van der Waals surface area contributed by atoms with Crippen molar-refractivity contribution in [2.75, 3.05) is 36.0 Å². The molecule has 6 nitrogen and oxygen atoms in total. The van der Waals surface area contributed by atoms with E-state index in [2.05, 4.69) is 22.2 Å². The number of rotatable bonds is 7. The van der Waals surface area contributed by atoms with E-state index < -0.39 is 29.8 Å². The summed E-state index contributed by atoms with van der Waals surface area (Å²) in [5, 5.41) is 2.73. The SMILES string of the molecule is CCC1CCN(c2cc(N3CC[C@H]3C(=O)NCCc3ccc(C(F)(F)F)cc3)nc(C(F)(F)F)n2)CC1. The molecule has 2 fully saturated rings. The van der Waals surface area contributed by atoms with Gasteiger partial charge in [0.1, 0.15) is 17.7 Å². The predicted octanol–water partition coefficient (Wildman–Crippen LogP) is 5.08. The van der Waals surface area contributed by atoms with Crippen LogP contribution in [0.1, 0.15) is 49.6 Å². The van der Waals surface area contributed by atoms with Gasteiger partial charge in [0.15, 0.2) is 0 Å². The first-order valence-corrected chi connectivity index (χ1v) is 12.4. The van der Waals surface area contributed by atoms with E-state index >= 15 is 0 Å². The van der Waals surface area contributed by atoms with Crippen molar-refractivity contribution in [3.05, 3.63) is 47.3 Å². The number of amides is 1. The van der Waals surface area contributed by atoms with Crippen LogP contribution in [-0.2, 0) is 23.6 Å². The normalized spacial score (nSPS) is 19.1. The smallest absolute Gasteiger partial charge is 0.356 e. The average molecular weight is 530 g/mol.